The van der Waals surface area contributed by atoms with Crippen LogP contribution >= 0.6 is 0 Å². The number of hydrogen-bond donors (Lipinski definition) is 0. The monoisotopic (exact) mass is 347 g/mol. The number of aromatic nitrogens is 2. The van der Waals surface area contributed by atoms with Gasteiger partial charge in [-0.3, -0.25) is 4.79 Å². The molecule has 5 heteroatoms. The van der Waals surface area contributed by atoms with E-state index in [2.05, 4.69) is 29.2 Å². The summed E-state index contributed by atoms with van der Waals surface area (Å²) in [5.74, 6) is 1.15. The Kier molecular flexibility index (Phi) is 4.29. The average Bonchev–Trinajstić information content (AvgIpc) is 3.29. The summed E-state index contributed by atoms with van der Waals surface area (Å²) >= 11 is 0. The fraction of sp³-hybridized carbons (Fsp3) is 0.286. The summed E-state index contributed by atoms with van der Waals surface area (Å²) in [4.78, 5) is 18.8. The van der Waals surface area contributed by atoms with Crippen LogP contribution in [0.5, 0.6) is 0 Å². The molecule has 2 heterocycles. The lowest BCUT2D eigenvalue weighted by molar-refractivity contribution is -0.117. The number of carbonyl (C=O) groups is 1. The molecule has 3 aromatic rings. The van der Waals surface area contributed by atoms with Crippen molar-refractivity contribution in [3.05, 3.63) is 65.5 Å². The highest BCUT2D eigenvalue weighted by molar-refractivity contribution is 5.96. The molecule has 1 aliphatic heterocycles. The van der Waals surface area contributed by atoms with Crippen LogP contribution in [-0.2, 0) is 11.2 Å². The van der Waals surface area contributed by atoms with Crippen LogP contribution in [0.25, 0.3) is 11.5 Å². The zero-order chi connectivity index (χ0) is 18.1. The van der Waals surface area contributed by atoms with Gasteiger partial charge in [-0.15, -0.1) is 0 Å². The Labute approximate surface area is 152 Å². The topological polar surface area (TPSA) is 59.2 Å². The molecule has 4 rings (SSSR count). The third-order valence-corrected chi connectivity index (χ3v) is 4.85. The highest BCUT2D eigenvalue weighted by Gasteiger charge is 2.34. The van der Waals surface area contributed by atoms with E-state index in [4.69, 9.17) is 4.52 Å². The second kappa shape index (κ2) is 6.75. The molecule has 1 amide bonds. The van der Waals surface area contributed by atoms with Crippen molar-refractivity contribution >= 4 is 11.6 Å². The normalized spacial score (nSPS) is 17.1. The summed E-state index contributed by atoms with van der Waals surface area (Å²) < 4.78 is 5.43. The number of hydrogen-bond acceptors (Lipinski definition) is 4. The molecule has 0 saturated carbocycles. The smallest absolute Gasteiger partial charge is 0.257 e. The van der Waals surface area contributed by atoms with Crippen LogP contribution in [0.4, 0.5) is 5.69 Å². The van der Waals surface area contributed by atoms with Crippen molar-refractivity contribution in [2.45, 2.75) is 32.6 Å². The van der Waals surface area contributed by atoms with Crippen molar-refractivity contribution in [1.82, 2.24) is 10.1 Å². The third-order valence-electron chi connectivity index (χ3n) is 4.85. The van der Waals surface area contributed by atoms with Crippen molar-refractivity contribution in [2.75, 3.05) is 11.4 Å². The maximum absolute atomic E-state index is 12.5. The highest BCUT2D eigenvalue weighted by Crippen LogP contribution is 2.31. The predicted octanol–water partition coefficient (Wildman–Crippen LogP) is 4.13. The minimum atomic E-state index is -0.0457. The average molecular weight is 347 g/mol. The Morgan fingerprint density at radius 2 is 2.00 bits per heavy atom. The Morgan fingerprint density at radius 1 is 1.19 bits per heavy atom. The SMILES string of the molecule is CCc1ccc(N2CC(c3noc(-c4cccc(C)c4)n3)CC2=O)cc1. The minimum absolute atomic E-state index is 0.0457. The summed E-state index contributed by atoms with van der Waals surface area (Å²) in [6.45, 7) is 4.73. The molecule has 5 nitrogen and oxygen atoms in total. The summed E-state index contributed by atoms with van der Waals surface area (Å²) in [7, 11) is 0. The van der Waals surface area contributed by atoms with Gasteiger partial charge in [0.05, 0.1) is 0 Å². The Morgan fingerprint density at radius 3 is 2.73 bits per heavy atom. The first-order valence-electron chi connectivity index (χ1n) is 8.94. The van der Waals surface area contributed by atoms with Gasteiger partial charge < -0.3 is 9.42 Å². The zero-order valence-electron chi connectivity index (χ0n) is 15.0. The Balaban J connectivity index is 1.53. The zero-order valence-corrected chi connectivity index (χ0v) is 15.0. The van der Waals surface area contributed by atoms with Gasteiger partial charge in [-0.25, -0.2) is 0 Å². The molecule has 1 saturated heterocycles. The van der Waals surface area contributed by atoms with Gasteiger partial charge in [-0.2, -0.15) is 4.98 Å². The maximum atomic E-state index is 12.5. The summed E-state index contributed by atoms with van der Waals surface area (Å²) in [5, 5.41) is 4.13. The Hall–Kier alpha value is -2.95. The molecule has 1 aliphatic rings. The van der Waals surface area contributed by atoms with Crippen LogP contribution in [0.15, 0.2) is 53.1 Å². The van der Waals surface area contributed by atoms with Crippen LogP contribution in [-0.4, -0.2) is 22.6 Å². The quantitative estimate of drug-likeness (QED) is 0.712. The van der Waals surface area contributed by atoms with Gasteiger partial charge in [0.1, 0.15) is 0 Å². The van der Waals surface area contributed by atoms with Crippen LogP contribution in [0.1, 0.15) is 36.2 Å². The second-order valence-corrected chi connectivity index (χ2v) is 6.75. The van der Waals surface area contributed by atoms with Crippen LogP contribution < -0.4 is 4.90 Å². The number of amides is 1. The van der Waals surface area contributed by atoms with E-state index >= 15 is 0 Å². The first-order chi connectivity index (χ1) is 12.6. The first kappa shape index (κ1) is 16.5. The van der Waals surface area contributed by atoms with E-state index in [1.807, 2.05) is 48.2 Å². The van der Waals surface area contributed by atoms with E-state index < -0.39 is 0 Å². The number of benzene rings is 2. The van der Waals surface area contributed by atoms with Crippen LogP contribution in [0.3, 0.4) is 0 Å². The van der Waals surface area contributed by atoms with Gasteiger partial charge in [-0.1, -0.05) is 41.9 Å². The summed E-state index contributed by atoms with van der Waals surface area (Å²) in [6, 6.07) is 16.1. The predicted molar refractivity (Wildman–Crippen MR) is 100 cm³/mol. The summed E-state index contributed by atoms with van der Waals surface area (Å²) in [5.41, 5.74) is 4.23. The molecule has 0 N–H and O–H groups in total. The molecular weight excluding hydrogens is 326 g/mol. The summed E-state index contributed by atoms with van der Waals surface area (Å²) in [6.07, 6.45) is 1.39. The van der Waals surface area contributed by atoms with Crippen molar-refractivity contribution in [3.8, 4) is 11.5 Å². The lowest BCUT2D eigenvalue weighted by Crippen LogP contribution is -2.24. The molecule has 1 unspecified atom stereocenters. The fourth-order valence-electron chi connectivity index (χ4n) is 3.34. The second-order valence-electron chi connectivity index (χ2n) is 6.75. The van der Waals surface area contributed by atoms with Crippen molar-refractivity contribution in [1.29, 1.82) is 0 Å². The molecule has 1 atom stereocenters. The highest BCUT2D eigenvalue weighted by atomic mass is 16.5. The first-order valence-corrected chi connectivity index (χ1v) is 8.94. The van der Waals surface area contributed by atoms with Crippen LogP contribution in [0.2, 0.25) is 0 Å². The number of nitrogens with zero attached hydrogens (tertiary/aromatic N) is 3. The molecule has 1 fully saturated rings. The van der Waals surface area contributed by atoms with Gasteiger partial charge in [-0.05, 0) is 43.2 Å². The number of rotatable bonds is 4. The molecule has 0 spiro atoms. The fourth-order valence-corrected chi connectivity index (χ4v) is 3.34. The largest absolute Gasteiger partial charge is 0.334 e. The van der Waals surface area contributed by atoms with E-state index in [9.17, 15) is 4.79 Å². The molecule has 26 heavy (non-hydrogen) atoms. The minimum Gasteiger partial charge on any atom is -0.334 e. The van der Waals surface area contributed by atoms with E-state index in [0.29, 0.717) is 24.7 Å². The number of aryl methyl sites for hydroxylation is 2. The molecule has 132 valence electrons. The van der Waals surface area contributed by atoms with Gasteiger partial charge in [0.25, 0.3) is 5.89 Å². The molecular formula is C21H21N3O2. The van der Waals surface area contributed by atoms with E-state index in [1.165, 1.54) is 5.56 Å². The molecule has 0 bridgehead atoms. The van der Waals surface area contributed by atoms with Crippen LogP contribution in [0, 0.1) is 6.92 Å². The van der Waals surface area contributed by atoms with Gasteiger partial charge >= 0.3 is 0 Å². The molecule has 0 aliphatic carbocycles. The van der Waals surface area contributed by atoms with E-state index in [0.717, 1.165) is 23.2 Å². The van der Waals surface area contributed by atoms with Crippen molar-refractivity contribution < 1.29 is 9.32 Å². The maximum Gasteiger partial charge on any atom is 0.257 e. The van der Waals surface area contributed by atoms with Gasteiger partial charge in [0, 0.05) is 30.1 Å². The van der Waals surface area contributed by atoms with Gasteiger partial charge in [0.15, 0.2) is 5.82 Å². The van der Waals surface area contributed by atoms with Gasteiger partial charge in [0.2, 0.25) is 5.91 Å². The van der Waals surface area contributed by atoms with E-state index in [1.54, 1.807) is 0 Å². The standard InChI is InChI=1S/C21H21N3O2/c1-3-15-7-9-18(10-8-15)24-13-17(12-19(24)25)20-22-21(26-23-20)16-6-4-5-14(2)11-16/h4-11,17H,3,12-13H2,1-2H3. The molecule has 0 radical (unpaired) electrons. The third kappa shape index (κ3) is 3.12. The number of anilines is 1. The Bertz CT molecular complexity index is 930. The molecule has 1 aromatic heterocycles. The number of carbonyl (C=O) groups excluding carboxylic acids is 1. The van der Waals surface area contributed by atoms with Crippen molar-refractivity contribution in [3.63, 3.8) is 0 Å². The lowest BCUT2D eigenvalue weighted by Gasteiger charge is -2.16. The van der Waals surface area contributed by atoms with E-state index in [-0.39, 0.29) is 11.8 Å². The molecule has 2 aromatic carbocycles. The lowest BCUT2D eigenvalue weighted by atomic mass is 10.1. The van der Waals surface area contributed by atoms with Crippen molar-refractivity contribution in [2.24, 2.45) is 0 Å².